The fourth-order valence-electron chi connectivity index (χ4n) is 3.77. The maximum Gasteiger partial charge on any atom is 0.244 e. The summed E-state index contributed by atoms with van der Waals surface area (Å²) in [5, 5.41) is 0. The molecule has 1 aliphatic carbocycles. The lowest BCUT2D eigenvalue weighted by Gasteiger charge is -2.28. The third-order valence-corrected chi connectivity index (χ3v) is 8.63. The molecule has 1 aromatic carbocycles. The molecule has 0 amide bonds. The van der Waals surface area contributed by atoms with Crippen LogP contribution in [0.4, 0.5) is 5.69 Å². The van der Waals surface area contributed by atoms with Gasteiger partial charge in [0, 0.05) is 13.1 Å². The van der Waals surface area contributed by atoms with Gasteiger partial charge in [-0.1, -0.05) is 11.6 Å². The summed E-state index contributed by atoms with van der Waals surface area (Å²) >= 11 is 0. The second-order valence-corrected chi connectivity index (χ2v) is 11.2. The number of hydrogen-bond donors (Lipinski definition) is 1. The normalized spacial score (nSPS) is 19.6. The van der Waals surface area contributed by atoms with Crippen LogP contribution >= 0.6 is 0 Å². The molecule has 2 aliphatic rings. The predicted octanol–water partition coefficient (Wildman–Crippen LogP) is 3.18. The Bertz CT molecular complexity index is 955. The first-order valence-electron chi connectivity index (χ1n) is 10.3. The molecule has 0 saturated carbocycles. The van der Waals surface area contributed by atoms with Gasteiger partial charge in [0.1, 0.15) is 10.6 Å². The van der Waals surface area contributed by atoms with E-state index in [0.29, 0.717) is 38.2 Å². The van der Waals surface area contributed by atoms with Crippen LogP contribution in [0.5, 0.6) is 5.75 Å². The van der Waals surface area contributed by atoms with Crippen molar-refractivity contribution in [2.24, 2.45) is 0 Å². The lowest BCUT2D eigenvalue weighted by Crippen LogP contribution is -2.38. The average molecular weight is 443 g/mol. The van der Waals surface area contributed by atoms with Crippen LogP contribution in [0.25, 0.3) is 0 Å². The monoisotopic (exact) mass is 442 g/mol. The van der Waals surface area contributed by atoms with E-state index in [2.05, 4.69) is 10.8 Å². The topological polar surface area (TPSA) is 92.8 Å². The number of hydrogen-bond acceptors (Lipinski definition) is 5. The van der Waals surface area contributed by atoms with Crippen LogP contribution in [0.2, 0.25) is 0 Å². The van der Waals surface area contributed by atoms with E-state index in [-0.39, 0.29) is 16.4 Å². The maximum atomic E-state index is 13.0. The Labute approximate surface area is 174 Å². The molecule has 0 unspecified atom stereocenters. The standard InChI is InChI=1S/C20H30N2O5S2/c1-2-27-19-11-10-18(22-14-6-7-15-28(22,23)24)16-20(19)29(25,26)21-13-12-17-8-4-3-5-9-17/h8,10-11,16,21H,2-7,9,12-15H2,1H3. The van der Waals surface area contributed by atoms with Gasteiger partial charge in [-0.05, 0) is 70.1 Å². The smallest absolute Gasteiger partial charge is 0.244 e. The van der Waals surface area contributed by atoms with Crippen LogP contribution in [0.15, 0.2) is 34.7 Å². The number of sulfonamides is 2. The molecule has 0 aromatic heterocycles. The first kappa shape index (κ1) is 22.1. The second kappa shape index (κ2) is 9.49. The first-order valence-corrected chi connectivity index (χ1v) is 13.4. The zero-order valence-corrected chi connectivity index (χ0v) is 18.5. The van der Waals surface area contributed by atoms with Gasteiger partial charge in [0.05, 0.1) is 18.0 Å². The average Bonchev–Trinajstić information content (AvgIpc) is 2.69. The van der Waals surface area contributed by atoms with Gasteiger partial charge in [-0.3, -0.25) is 4.31 Å². The van der Waals surface area contributed by atoms with Crippen molar-refractivity contribution in [2.45, 2.75) is 56.8 Å². The van der Waals surface area contributed by atoms with Crippen molar-refractivity contribution in [3.8, 4) is 5.75 Å². The van der Waals surface area contributed by atoms with Gasteiger partial charge in [-0.25, -0.2) is 21.6 Å². The highest BCUT2D eigenvalue weighted by Crippen LogP contribution is 2.32. The zero-order chi connectivity index (χ0) is 20.9. The van der Waals surface area contributed by atoms with Gasteiger partial charge in [-0.2, -0.15) is 0 Å². The molecule has 1 N–H and O–H groups in total. The van der Waals surface area contributed by atoms with Crippen LogP contribution in [0.1, 0.15) is 51.9 Å². The fraction of sp³-hybridized carbons (Fsp3) is 0.600. The highest BCUT2D eigenvalue weighted by Gasteiger charge is 2.28. The summed E-state index contributed by atoms with van der Waals surface area (Å²) in [7, 11) is -7.26. The number of nitrogens with one attached hydrogen (secondary N) is 1. The molecule has 7 nitrogen and oxygen atoms in total. The van der Waals surface area contributed by atoms with Gasteiger partial charge in [-0.15, -0.1) is 0 Å². The molecule has 1 fully saturated rings. The van der Waals surface area contributed by atoms with Crippen molar-refractivity contribution >= 4 is 25.7 Å². The molecule has 0 radical (unpaired) electrons. The third-order valence-electron chi connectivity index (χ3n) is 5.28. The molecule has 0 bridgehead atoms. The summed E-state index contributed by atoms with van der Waals surface area (Å²) in [6.07, 6.45) is 8.69. The second-order valence-electron chi connectivity index (χ2n) is 7.42. The van der Waals surface area contributed by atoms with E-state index < -0.39 is 20.0 Å². The van der Waals surface area contributed by atoms with Gasteiger partial charge >= 0.3 is 0 Å². The molecular weight excluding hydrogens is 412 g/mol. The van der Waals surface area contributed by atoms with Crippen LogP contribution < -0.4 is 13.8 Å². The number of anilines is 1. The maximum absolute atomic E-state index is 13.0. The van der Waals surface area contributed by atoms with Crippen molar-refractivity contribution in [2.75, 3.05) is 29.8 Å². The summed E-state index contributed by atoms with van der Waals surface area (Å²) in [5.74, 6) is 0.311. The minimum absolute atomic E-state index is 0.0183. The largest absolute Gasteiger partial charge is 0.492 e. The molecule has 1 aromatic rings. The number of benzene rings is 1. The molecule has 0 atom stereocenters. The summed E-state index contributed by atoms with van der Waals surface area (Å²) in [5.41, 5.74) is 1.65. The number of allylic oxidation sites excluding steroid dienone is 1. The minimum atomic E-state index is -3.84. The van der Waals surface area contributed by atoms with Crippen molar-refractivity contribution in [3.63, 3.8) is 0 Å². The molecule has 29 heavy (non-hydrogen) atoms. The highest BCUT2D eigenvalue weighted by atomic mass is 32.2. The Kier molecular flexibility index (Phi) is 7.23. The van der Waals surface area contributed by atoms with Crippen LogP contribution in [0.3, 0.4) is 0 Å². The van der Waals surface area contributed by atoms with Crippen LogP contribution in [-0.2, 0) is 20.0 Å². The lowest BCUT2D eigenvalue weighted by atomic mass is 9.97. The number of rotatable bonds is 8. The highest BCUT2D eigenvalue weighted by molar-refractivity contribution is 7.92. The summed E-state index contributed by atoms with van der Waals surface area (Å²) in [4.78, 5) is -0.0183. The van der Waals surface area contributed by atoms with Crippen molar-refractivity contribution in [3.05, 3.63) is 29.8 Å². The van der Waals surface area contributed by atoms with Gasteiger partial charge in [0.25, 0.3) is 0 Å². The molecule has 162 valence electrons. The van der Waals surface area contributed by atoms with E-state index in [1.165, 1.54) is 22.4 Å². The molecular formula is C20H30N2O5S2. The Morgan fingerprint density at radius 3 is 2.69 bits per heavy atom. The molecule has 9 heteroatoms. The molecule has 1 saturated heterocycles. The number of ether oxygens (including phenoxy) is 1. The Hall–Kier alpha value is -1.58. The van der Waals surface area contributed by atoms with Crippen LogP contribution in [-0.4, -0.2) is 42.3 Å². The minimum Gasteiger partial charge on any atom is -0.492 e. The Morgan fingerprint density at radius 2 is 2.00 bits per heavy atom. The summed E-state index contributed by atoms with van der Waals surface area (Å²) < 4.78 is 60.3. The molecule has 1 heterocycles. The van der Waals surface area contributed by atoms with Crippen LogP contribution in [0, 0.1) is 0 Å². The zero-order valence-electron chi connectivity index (χ0n) is 16.9. The summed E-state index contributed by atoms with van der Waals surface area (Å²) in [6.45, 7) is 2.77. The lowest BCUT2D eigenvalue weighted by molar-refractivity contribution is 0.331. The van der Waals surface area contributed by atoms with Crippen molar-refractivity contribution in [1.82, 2.24) is 4.72 Å². The first-order chi connectivity index (χ1) is 13.8. The molecule has 1 aliphatic heterocycles. The van der Waals surface area contributed by atoms with Crippen molar-refractivity contribution < 1.29 is 21.6 Å². The number of nitrogens with zero attached hydrogens (tertiary/aromatic N) is 1. The van der Waals surface area contributed by atoms with E-state index in [4.69, 9.17) is 4.74 Å². The van der Waals surface area contributed by atoms with Gasteiger partial charge < -0.3 is 4.74 Å². The fourth-order valence-corrected chi connectivity index (χ4v) is 6.60. The Balaban J connectivity index is 1.83. The van der Waals surface area contributed by atoms with Gasteiger partial charge in [0.15, 0.2) is 0 Å². The van der Waals surface area contributed by atoms with Gasteiger partial charge in [0.2, 0.25) is 20.0 Å². The van der Waals surface area contributed by atoms with E-state index in [0.717, 1.165) is 25.7 Å². The molecule has 0 spiro atoms. The third kappa shape index (κ3) is 5.52. The van der Waals surface area contributed by atoms with E-state index >= 15 is 0 Å². The van der Waals surface area contributed by atoms with E-state index in [1.807, 2.05) is 0 Å². The van der Waals surface area contributed by atoms with E-state index in [1.54, 1.807) is 19.1 Å². The Morgan fingerprint density at radius 1 is 1.17 bits per heavy atom. The SMILES string of the molecule is CCOc1ccc(N2CCCCS2(=O)=O)cc1S(=O)(=O)NCCC1=CCCCC1. The predicted molar refractivity (Wildman–Crippen MR) is 114 cm³/mol. The van der Waals surface area contributed by atoms with Crippen molar-refractivity contribution in [1.29, 1.82) is 0 Å². The summed E-state index contributed by atoms with van der Waals surface area (Å²) in [6, 6.07) is 4.57. The quantitative estimate of drug-likeness (QED) is 0.624. The van der Waals surface area contributed by atoms with E-state index in [9.17, 15) is 16.8 Å². The molecule has 3 rings (SSSR count).